The minimum absolute atomic E-state index is 0.0360. The molecule has 0 spiro atoms. The number of hydrogen-bond donors (Lipinski definition) is 2. The number of aliphatic imine (C=N–C) groups is 1. The number of ether oxygens (including phenoxy) is 1. The number of thioether (sulfide) groups is 1. The Bertz CT molecular complexity index is 992. The summed E-state index contributed by atoms with van der Waals surface area (Å²) in [5.74, 6) is -0.156. The zero-order valence-electron chi connectivity index (χ0n) is 16.2. The minimum Gasteiger partial charge on any atom is -0.505 e. The van der Waals surface area contributed by atoms with Gasteiger partial charge in [-0.15, -0.1) is 0 Å². The van der Waals surface area contributed by atoms with Gasteiger partial charge in [0.2, 0.25) is 11.8 Å². The summed E-state index contributed by atoms with van der Waals surface area (Å²) < 4.78 is 5.44. The second-order valence-electron chi connectivity index (χ2n) is 6.37. The maximum atomic E-state index is 12.8. The van der Waals surface area contributed by atoms with E-state index in [0.717, 1.165) is 11.8 Å². The second-order valence-corrected chi connectivity index (χ2v) is 8.35. The van der Waals surface area contributed by atoms with Gasteiger partial charge in [-0.2, -0.15) is 0 Å². The molecule has 0 aromatic heterocycles. The van der Waals surface area contributed by atoms with E-state index in [1.165, 1.54) is 17.0 Å². The molecule has 30 heavy (non-hydrogen) atoms. The molecule has 2 N–H and O–H groups in total. The van der Waals surface area contributed by atoms with Crippen LogP contribution in [0.4, 0.5) is 11.4 Å². The highest BCUT2D eigenvalue weighted by molar-refractivity contribution is 8.15. The molecule has 0 saturated carbocycles. The lowest BCUT2D eigenvalue weighted by Gasteiger charge is -2.28. The first-order valence-corrected chi connectivity index (χ1v) is 10.7. The zero-order valence-corrected chi connectivity index (χ0v) is 18.5. The van der Waals surface area contributed by atoms with Crippen LogP contribution in [-0.4, -0.2) is 45.9 Å². The van der Waals surface area contributed by atoms with E-state index in [1.54, 1.807) is 31.3 Å². The fraction of sp³-hybridized carbons (Fsp3) is 0.250. The van der Waals surface area contributed by atoms with Crippen LogP contribution in [0, 0.1) is 0 Å². The number of rotatable bonds is 5. The Kier molecular flexibility index (Phi) is 7.12. The zero-order chi connectivity index (χ0) is 21.8. The van der Waals surface area contributed by atoms with Crippen LogP contribution in [0.25, 0.3) is 0 Å². The van der Waals surface area contributed by atoms with Crippen molar-refractivity contribution in [2.24, 2.45) is 4.99 Å². The van der Waals surface area contributed by atoms with Crippen LogP contribution in [0.3, 0.4) is 0 Å². The average Bonchev–Trinajstić information content (AvgIpc) is 2.70. The molecule has 1 unspecified atom stereocenters. The second kappa shape index (κ2) is 9.59. The molecule has 0 aliphatic carbocycles. The lowest BCUT2D eigenvalue weighted by Crippen LogP contribution is -2.43. The predicted octanol–water partition coefficient (Wildman–Crippen LogP) is 4.69. The Labute approximate surface area is 188 Å². The van der Waals surface area contributed by atoms with Gasteiger partial charge in [0, 0.05) is 25.2 Å². The highest BCUT2D eigenvalue weighted by Crippen LogP contribution is 2.37. The van der Waals surface area contributed by atoms with Crippen LogP contribution in [0.15, 0.2) is 41.4 Å². The summed E-state index contributed by atoms with van der Waals surface area (Å²) in [6.07, 6.45) is 0.0360. The van der Waals surface area contributed by atoms with E-state index in [0.29, 0.717) is 28.9 Å². The topological polar surface area (TPSA) is 91.2 Å². The molecule has 1 aliphatic heterocycles. The number of amides is 2. The van der Waals surface area contributed by atoms with E-state index in [2.05, 4.69) is 10.3 Å². The number of carbonyl (C=O) groups is 2. The van der Waals surface area contributed by atoms with Crippen molar-refractivity contribution in [2.75, 3.05) is 19.0 Å². The summed E-state index contributed by atoms with van der Waals surface area (Å²) in [5, 5.41) is 12.3. The van der Waals surface area contributed by atoms with Crippen molar-refractivity contribution in [3.8, 4) is 11.5 Å². The third-order valence-electron chi connectivity index (χ3n) is 4.20. The van der Waals surface area contributed by atoms with Gasteiger partial charge in [-0.25, -0.2) is 4.99 Å². The van der Waals surface area contributed by atoms with Crippen molar-refractivity contribution in [3.63, 3.8) is 0 Å². The van der Waals surface area contributed by atoms with Gasteiger partial charge in [0.1, 0.15) is 11.0 Å². The lowest BCUT2D eigenvalue weighted by atomic mass is 10.2. The van der Waals surface area contributed by atoms with Crippen LogP contribution in [0.1, 0.15) is 13.3 Å². The van der Waals surface area contributed by atoms with Crippen molar-refractivity contribution >= 4 is 63.3 Å². The van der Waals surface area contributed by atoms with E-state index >= 15 is 0 Å². The lowest BCUT2D eigenvalue weighted by molar-refractivity contribution is -0.128. The summed E-state index contributed by atoms with van der Waals surface area (Å²) in [6, 6.07) is 9.90. The molecule has 2 aromatic carbocycles. The molecule has 0 bridgehead atoms. The van der Waals surface area contributed by atoms with Gasteiger partial charge in [-0.1, -0.05) is 41.0 Å². The first kappa shape index (κ1) is 22.3. The monoisotopic (exact) mass is 467 g/mol. The van der Waals surface area contributed by atoms with Crippen LogP contribution < -0.4 is 10.1 Å². The number of carbonyl (C=O) groups excluding carboxylic acids is 2. The Hall–Kier alpha value is -2.42. The number of amidine groups is 1. The number of halogens is 2. The van der Waals surface area contributed by atoms with Gasteiger partial charge < -0.3 is 15.2 Å². The number of phenolic OH excluding ortho intramolecular Hbond substituents is 1. The Morgan fingerprint density at radius 1 is 1.33 bits per heavy atom. The van der Waals surface area contributed by atoms with Gasteiger partial charge in [0.15, 0.2) is 10.9 Å². The van der Waals surface area contributed by atoms with Gasteiger partial charge in [0.25, 0.3) is 0 Å². The summed E-state index contributed by atoms with van der Waals surface area (Å²) in [6.45, 7) is 2.39. The Morgan fingerprint density at radius 2 is 2.03 bits per heavy atom. The van der Waals surface area contributed by atoms with Gasteiger partial charge in [-0.3, -0.25) is 14.5 Å². The maximum absolute atomic E-state index is 12.8. The van der Waals surface area contributed by atoms with Crippen LogP contribution in [0.5, 0.6) is 11.5 Å². The van der Waals surface area contributed by atoms with E-state index in [9.17, 15) is 14.7 Å². The van der Waals surface area contributed by atoms with Gasteiger partial charge >= 0.3 is 0 Å². The Balaban J connectivity index is 1.79. The highest BCUT2D eigenvalue weighted by Gasteiger charge is 2.34. The molecule has 1 aliphatic rings. The van der Waals surface area contributed by atoms with Crippen LogP contribution in [-0.2, 0) is 9.59 Å². The number of nitrogens with one attached hydrogen (secondary N) is 1. The molecule has 3 rings (SSSR count). The van der Waals surface area contributed by atoms with Crippen molar-refractivity contribution in [1.82, 2.24) is 4.90 Å². The molecule has 2 amide bonds. The molecule has 1 fully saturated rings. The number of phenols is 1. The molecule has 7 nitrogen and oxygen atoms in total. The SMILES string of the molecule is CCOc1cccc(NC(=O)C2CC(=O)N(C)C(=Nc3cc(Cl)c(O)c(Cl)c3)S2)c1. The molecular formula is C20H19Cl2N3O4S. The fourth-order valence-corrected chi connectivity index (χ4v) is 4.22. The first-order chi connectivity index (χ1) is 14.3. The first-order valence-electron chi connectivity index (χ1n) is 9.02. The molecule has 2 aromatic rings. The van der Waals surface area contributed by atoms with Crippen LogP contribution in [0.2, 0.25) is 10.0 Å². The van der Waals surface area contributed by atoms with Crippen LogP contribution >= 0.6 is 35.0 Å². The molecule has 1 atom stereocenters. The number of anilines is 1. The molecule has 10 heteroatoms. The molecule has 0 radical (unpaired) electrons. The van der Waals surface area contributed by atoms with Crippen molar-refractivity contribution in [3.05, 3.63) is 46.4 Å². The smallest absolute Gasteiger partial charge is 0.238 e. The van der Waals surface area contributed by atoms with E-state index in [1.807, 2.05) is 6.92 Å². The van der Waals surface area contributed by atoms with E-state index < -0.39 is 5.25 Å². The van der Waals surface area contributed by atoms with Gasteiger partial charge in [-0.05, 0) is 31.2 Å². The standard InChI is InChI=1S/C20H19Cl2N3O4S/c1-3-29-13-6-4-5-11(7-13)23-19(28)16-10-17(26)25(2)20(30-16)24-12-8-14(21)18(27)15(22)9-12/h4-9,16,27H,3,10H2,1-2H3,(H,23,28). The molecule has 158 valence electrons. The summed E-state index contributed by atoms with van der Waals surface area (Å²) >= 11 is 13.0. The number of aromatic hydroxyl groups is 1. The van der Waals surface area contributed by atoms with Crippen molar-refractivity contribution in [1.29, 1.82) is 0 Å². The summed E-state index contributed by atoms with van der Waals surface area (Å²) in [4.78, 5) is 31.0. The highest BCUT2D eigenvalue weighted by atomic mass is 35.5. The maximum Gasteiger partial charge on any atom is 0.238 e. The molecular weight excluding hydrogens is 449 g/mol. The largest absolute Gasteiger partial charge is 0.505 e. The summed E-state index contributed by atoms with van der Waals surface area (Å²) in [5.41, 5.74) is 0.934. The van der Waals surface area contributed by atoms with Gasteiger partial charge in [0.05, 0.1) is 22.3 Å². The fourth-order valence-electron chi connectivity index (χ4n) is 2.68. The normalized spacial score (nSPS) is 17.9. The molecule has 1 saturated heterocycles. The Morgan fingerprint density at radius 3 is 2.70 bits per heavy atom. The average molecular weight is 468 g/mol. The predicted molar refractivity (Wildman–Crippen MR) is 120 cm³/mol. The van der Waals surface area contributed by atoms with E-state index in [4.69, 9.17) is 27.9 Å². The molecule has 1 heterocycles. The third-order valence-corrected chi connectivity index (χ3v) is 6.02. The minimum atomic E-state index is -0.661. The summed E-state index contributed by atoms with van der Waals surface area (Å²) in [7, 11) is 1.58. The number of nitrogens with zero attached hydrogens (tertiary/aromatic N) is 2. The van der Waals surface area contributed by atoms with E-state index in [-0.39, 0.29) is 34.0 Å². The number of hydrogen-bond acceptors (Lipinski definition) is 6. The quantitative estimate of drug-likeness (QED) is 0.665. The third kappa shape index (κ3) is 5.19. The van der Waals surface area contributed by atoms with Crippen molar-refractivity contribution in [2.45, 2.75) is 18.6 Å². The number of benzene rings is 2. The van der Waals surface area contributed by atoms with Crippen molar-refractivity contribution < 1.29 is 19.4 Å².